The largest absolute Gasteiger partial charge is 0.468 e. The summed E-state index contributed by atoms with van der Waals surface area (Å²) in [4.78, 5) is 11.9. The van der Waals surface area contributed by atoms with Gasteiger partial charge in [-0.25, -0.2) is 0 Å². The van der Waals surface area contributed by atoms with Crippen molar-refractivity contribution < 1.29 is 9.53 Å². The molecule has 0 heterocycles. The molecule has 2 atom stereocenters. The fourth-order valence-corrected chi connectivity index (χ4v) is 3.02. The van der Waals surface area contributed by atoms with Crippen molar-refractivity contribution in [3.8, 4) is 0 Å². The summed E-state index contributed by atoms with van der Waals surface area (Å²) in [7, 11) is 1.45. The van der Waals surface area contributed by atoms with Gasteiger partial charge in [0.1, 0.15) is 5.54 Å². The van der Waals surface area contributed by atoms with Gasteiger partial charge < -0.3 is 4.74 Å². The summed E-state index contributed by atoms with van der Waals surface area (Å²) in [5.41, 5.74) is -0.577. The molecule has 0 aromatic rings. The molecule has 0 aromatic carbocycles. The average Bonchev–Trinajstić information content (AvgIpc) is 2.26. The minimum absolute atomic E-state index is 0.172. The van der Waals surface area contributed by atoms with Gasteiger partial charge in [0, 0.05) is 11.3 Å². The van der Waals surface area contributed by atoms with E-state index in [-0.39, 0.29) is 12.0 Å². The Labute approximate surface area is 116 Å². The van der Waals surface area contributed by atoms with E-state index in [4.69, 9.17) is 4.74 Å². The molecule has 1 N–H and O–H groups in total. The van der Waals surface area contributed by atoms with Gasteiger partial charge in [0.05, 0.1) is 7.11 Å². The molecule has 108 valence electrons. The summed E-state index contributed by atoms with van der Waals surface area (Å²) < 4.78 is 4.91. The van der Waals surface area contributed by atoms with Gasteiger partial charge in [0.2, 0.25) is 0 Å². The average molecular weight is 275 g/mol. The SMILES string of the molecule is COC(=O)C(C)(CCSC(C)C(C)C)NC(C)C. The van der Waals surface area contributed by atoms with Crippen LogP contribution in [0.25, 0.3) is 0 Å². The molecule has 0 fully saturated rings. The number of nitrogens with one attached hydrogen (secondary N) is 1. The van der Waals surface area contributed by atoms with E-state index in [1.807, 2.05) is 32.5 Å². The Morgan fingerprint density at radius 1 is 1.28 bits per heavy atom. The molecule has 2 unspecified atom stereocenters. The highest BCUT2D eigenvalue weighted by Gasteiger charge is 2.34. The van der Waals surface area contributed by atoms with Crippen LogP contribution in [-0.4, -0.2) is 35.7 Å². The number of esters is 1. The highest BCUT2D eigenvalue weighted by Crippen LogP contribution is 2.23. The fraction of sp³-hybridized carbons (Fsp3) is 0.929. The minimum Gasteiger partial charge on any atom is -0.468 e. The lowest BCUT2D eigenvalue weighted by Gasteiger charge is -2.30. The Hall–Kier alpha value is -0.220. The molecule has 0 saturated heterocycles. The molecule has 0 spiro atoms. The zero-order valence-electron chi connectivity index (χ0n) is 12.9. The molecule has 0 radical (unpaired) electrons. The molecule has 3 nitrogen and oxygen atoms in total. The van der Waals surface area contributed by atoms with Crippen LogP contribution in [0.3, 0.4) is 0 Å². The number of carbonyl (C=O) groups excluding carboxylic acids is 1. The Morgan fingerprint density at radius 2 is 1.83 bits per heavy atom. The Balaban J connectivity index is 4.38. The van der Waals surface area contributed by atoms with Gasteiger partial charge in [0.25, 0.3) is 0 Å². The zero-order chi connectivity index (χ0) is 14.3. The van der Waals surface area contributed by atoms with Crippen molar-refractivity contribution in [1.82, 2.24) is 5.32 Å². The standard InChI is InChI=1S/C14H29NO2S/c1-10(2)12(5)18-9-8-14(6,13(16)17-7)15-11(3)4/h10-12,15H,8-9H2,1-7H3. The number of ether oxygens (including phenoxy) is 1. The number of methoxy groups -OCH3 is 1. The molecular formula is C14H29NO2S. The molecule has 0 amide bonds. The molecule has 0 aliphatic heterocycles. The molecule has 18 heavy (non-hydrogen) atoms. The molecule has 0 saturated carbocycles. The van der Waals surface area contributed by atoms with Crippen LogP contribution in [0, 0.1) is 5.92 Å². The molecule has 0 aliphatic carbocycles. The highest BCUT2D eigenvalue weighted by atomic mass is 32.2. The quantitative estimate of drug-likeness (QED) is 0.691. The van der Waals surface area contributed by atoms with Gasteiger partial charge in [-0.1, -0.05) is 20.8 Å². The van der Waals surface area contributed by atoms with Gasteiger partial charge >= 0.3 is 5.97 Å². The smallest absolute Gasteiger partial charge is 0.325 e. The van der Waals surface area contributed by atoms with Crippen LogP contribution in [0.5, 0.6) is 0 Å². The molecule has 4 heteroatoms. The van der Waals surface area contributed by atoms with E-state index in [0.717, 1.165) is 12.2 Å². The fourth-order valence-electron chi connectivity index (χ4n) is 1.74. The topological polar surface area (TPSA) is 38.3 Å². The van der Waals surface area contributed by atoms with Crippen molar-refractivity contribution in [3.63, 3.8) is 0 Å². The van der Waals surface area contributed by atoms with Crippen molar-refractivity contribution in [2.45, 2.75) is 64.8 Å². The number of rotatable bonds is 8. The maximum atomic E-state index is 11.9. The normalized spacial score (nSPS) is 16.7. The lowest BCUT2D eigenvalue weighted by molar-refractivity contribution is -0.148. The van der Waals surface area contributed by atoms with Crippen LogP contribution < -0.4 is 5.32 Å². The van der Waals surface area contributed by atoms with E-state index in [1.54, 1.807) is 0 Å². The molecule has 0 aromatic heterocycles. The first-order valence-electron chi connectivity index (χ1n) is 6.70. The number of carbonyl (C=O) groups is 1. The van der Waals surface area contributed by atoms with E-state index < -0.39 is 5.54 Å². The van der Waals surface area contributed by atoms with E-state index >= 15 is 0 Å². The second kappa shape index (κ2) is 8.05. The lowest BCUT2D eigenvalue weighted by atomic mass is 9.98. The summed E-state index contributed by atoms with van der Waals surface area (Å²) in [6.45, 7) is 12.7. The Morgan fingerprint density at radius 3 is 2.22 bits per heavy atom. The third-order valence-electron chi connectivity index (χ3n) is 3.16. The molecular weight excluding hydrogens is 246 g/mol. The van der Waals surface area contributed by atoms with Crippen LogP contribution in [0.2, 0.25) is 0 Å². The van der Waals surface area contributed by atoms with Gasteiger partial charge in [-0.15, -0.1) is 0 Å². The van der Waals surface area contributed by atoms with E-state index in [2.05, 4.69) is 26.1 Å². The van der Waals surface area contributed by atoms with Crippen molar-refractivity contribution in [2.24, 2.45) is 5.92 Å². The predicted molar refractivity (Wildman–Crippen MR) is 80.1 cm³/mol. The van der Waals surface area contributed by atoms with Crippen molar-refractivity contribution in [3.05, 3.63) is 0 Å². The van der Waals surface area contributed by atoms with Gasteiger partial charge in [-0.3, -0.25) is 10.1 Å². The van der Waals surface area contributed by atoms with Crippen LogP contribution in [0.4, 0.5) is 0 Å². The van der Waals surface area contributed by atoms with Crippen LogP contribution in [0.15, 0.2) is 0 Å². The summed E-state index contributed by atoms with van der Waals surface area (Å²) >= 11 is 1.92. The van der Waals surface area contributed by atoms with E-state index in [0.29, 0.717) is 11.2 Å². The number of hydrogen-bond acceptors (Lipinski definition) is 4. The zero-order valence-corrected chi connectivity index (χ0v) is 13.7. The van der Waals surface area contributed by atoms with Crippen molar-refractivity contribution in [2.75, 3.05) is 12.9 Å². The summed E-state index contributed by atoms with van der Waals surface area (Å²) in [5.74, 6) is 1.46. The van der Waals surface area contributed by atoms with Gasteiger partial charge in [-0.2, -0.15) is 11.8 Å². The molecule has 0 rings (SSSR count). The molecule has 0 bridgehead atoms. The summed E-state index contributed by atoms with van der Waals surface area (Å²) in [5, 5.41) is 3.94. The Bertz CT molecular complexity index is 256. The van der Waals surface area contributed by atoms with Crippen LogP contribution in [0.1, 0.15) is 48.0 Å². The lowest BCUT2D eigenvalue weighted by Crippen LogP contribution is -2.53. The van der Waals surface area contributed by atoms with Crippen LogP contribution in [-0.2, 0) is 9.53 Å². The second-order valence-corrected chi connectivity index (χ2v) is 7.18. The van der Waals surface area contributed by atoms with Crippen molar-refractivity contribution >= 4 is 17.7 Å². The minimum atomic E-state index is -0.577. The first-order valence-corrected chi connectivity index (χ1v) is 7.75. The number of thioether (sulfide) groups is 1. The van der Waals surface area contributed by atoms with Crippen molar-refractivity contribution in [1.29, 1.82) is 0 Å². The third-order valence-corrected chi connectivity index (χ3v) is 4.67. The van der Waals surface area contributed by atoms with Gasteiger partial charge in [0.15, 0.2) is 0 Å². The monoisotopic (exact) mass is 275 g/mol. The maximum Gasteiger partial charge on any atom is 0.325 e. The summed E-state index contributed by atoms with van der Waals surface area (Å²) in [6.07, 6.45) is 0.791. The van der Waals surface area contributed by atoms with E-state index in [1.165, 1.54) is 7.11 Å². The highest BCUT2D eigenvalue weighted by molar-refractivity contribution is 7.99. The third kappa shape index (κ3) is 6.10. The van der Waals surface area contributed by atoms with E-state index in [9.17, 15) is 4.79 Å². The maximum absolute atomic E-state index is 11.9. The second-order valence-electron chi connectivity index (χ2n) is 5.69. The summed E-state index contributed by atoms with van der Waals surface area (Å²) in [6, 6.07) is 0.265. The Kier molecular flexibility index (Phi) is 7.95. The van der Waals surface area contributed by atoms with Crippen LogP contribution >= 0.6 is 11.8 Å². The predicted octanol–water partition coefficient (Wildman–Crippen LogP) is 3.08. The first kappa shape index (κ1) is 17.8. The number of hydrogen-bond donors (Lipinski definition) is 1. The van der Waals surface area contributed by atoms with Gasteiger partial charge in [-0.05, 0) is 38.9 Å². The molecule has 0 aliphatic rings. The first-order chi connectivity index (χ1) is 8.23.